The zero-order valence-corrected chi connectivity index (χ0v) is 18.4. The van der Waals surface area contributed by atoms with E-state index < -0.39 is 0 Å². The maximum absolute atomic E-state index is 12.8. The van der Waals surface area contributed by atoms with Crippen LogP contribution in [0.1, 0.15) is 25.3 Å². The largest absolute Gasteiger partial charge is 0.439 e. The van der Waals surface area contributed by atoms with Gasteiger partial charge in [-0.05, 0) is 55.2 Å². The Hall–Kier alpha value is -4.01. The van der Waals surface area contributed by atoms with E-state index in [0.29, 0.717) is 17.2 Å². The number of hydrogen-bond donors (Lipinski definition) is 1. The zero-order chi connectivity index (χ0) is 22.6. The van der Waals surface area contributed by atoms with Crippen molar-refractivity contribution in [2.75, 3.05) is 23.3 Å². The number of anilines is 2. The molecule has 33 heavy (non-hydrogen) atoms. The van der Waals surface area contributed by atoms with Crippen LogP contribution in [0.15, 0.2) is 61.1 Å². The lowest BCUT2D eigenvalue weighted by atomic mass is 9.96. The van der Waals surface area contributed by atoms with E-state index in [2.05, 4.69) is 43.5 Å². The van der Waals surface area contributed by atoms with Crippen LogP contribution in [0.4, 0.5) is 11.5 Å². The highest BCUT2D eigenvalue weighted by Crippen LogP contribution is 2.25. The molecule has 168 valence electrons. The van der Waals surface area contributed by atoms with Gasteiger partial charge in [-0.2, -0.15) is 4.52 Å². The van der Waals surface area contributed by atoms with Gasteiger partial charge in [-0.3, -0.25) is 4.79 Å². The summed E-state index contributed by atoms with van der Waals surface area (Å²) in [6.07, 6.45) is 5.69. The van der Waals surface area contributed by atoms with E-state index >= 15 is 0 Å². The first-order chi connectivity index (χ1) is 16.2. The molecule has 0 saturated carbocycles. The number of fused-ring (bicyclic) bond motifs is 1. The highest BCUT2D eigenvalue weighted by atomic mass is 16.5. The number of nitrogens with one attached hydrogen (secondary N) is 1. The molecule has 9 nitrogen and oxygen atoms in total. The maximum atomic E-state index is 12.8. The van der Waals surface area contributed by atoms with Crippen molar-refractivity contribution in [2.45, 2.75) is 26.2 Å². The summed E-state index contributed by atoms with van der Waals surface area (Å²) in [7, 11) is 0. The van der Waals surface area contributed by atoms with Gasteiger partial charge in [0, 0.05) is 25.1 Å². The Morgan fingerprint density at radius 1 is 1.15 bits per heavy atom. The lowest BCUT2D eigenvalue weighted by Gasteiger charge is -2.31. The van der Waals surface area contributed by atoms with E-state index in [-0.39, 0.29) is 11.8 Å². The fourth-order valence-corrected chi connectivity index (χ4v) is 3.97. The maximum Gasteiger partial charge on any atom is 0.227 e. The van der Waals surface area contributed by atoms with E-state index in [1.807, 2.05) is 36.4 Å². The molecule has 0 aliphatic carbocycles. The smallest absolute Gasteiger partial charge is 0.227 e. The molecule has 1 fully saturated rings. The molecule has 0 spiro atoms. The Morgan fingerprint density at radius 2 is 2.03 bits per heavy atom. The van der Waals surface area contributed by atoms with Gasteiger partial charge in [-0.25, -0.2) is 4.98 Å². The molecule has 5 rings (SSSR count). The van der Waals surface area contributed by atoms with Crippen molar-refractivity contribution in [3.63, 3.8) is 0 Å². The summed E-state index contributed by atoms with van der Waals surface area (Å²) >= 11 is 0. The number of benzene rings is 1. The van der Waals surface area contributed by atoms with Gasteiger partial charge < -0.3 is 15.0 Å². The first-order valence-corrected chi connectivity index (χ1v) is 11.1. The van der Waals surface area contributed by atoms with Crippen LogP contribution in [0.25, 0.3) is 5.65 Å². The average molecular weight is 444 g/mol. The summed E-state index contributed by atoms with van der Waals surface area (Å²) in [5.41, 5.74) is 2.59. The molecule has 4 aromatic rings. The van der Waals surface area contributed by atoms with Crippen molar-refractivity contribution >= 4 is 23.1 Å². The second kappa shape index (κ2) is 9.23. The first-order valence-electron chi connectivity index (χ1n) is 11.1. The van der Waals surface area contributed by atoms with Crippen LogP contribution in [0, 0.1) is 5.92 Å². The molecule has 0 radical (unpaired) electrons. The van der Waals surface area contributed by atoms with Crippen LogP contribution in [0.5, 0.6) is 11.6 Å². The molecule has 1 N–H and O–H groups in total. The second-order valence-corrected chi connectivity index (χ2v) is 8.06. The standard InChI is InChI=1S/C24H25N7O2/c1-2-17-4-3-5-20(14-17)33-23-9-6-19(15-25-23)27-24(32)18-10-12-30(13-11-18)22-8-7-21-28-26-16-31(21)29-22/h3-9,14-16,18H,2,10-13H2,1H3,(H,27,32). The summed E-state index contributed by atoms with van der Waals surface area (Å²) in [5, 5.41) is 15.4. The Kier molecular flexibility index (Phi) is 5.84. The molecular weight excluding hydrogens is 418 g/mol. The van der Waals surface area contributed by atoms with Gasteiger partial charge in [-0.1, -0.05) is 19.1 Å². The van der Waals surface area contributed by atoms with E-state index in [1.54, 1.807) is 23.1 Å². The summed E-state index contributed by atoms with van der Waals surface area (Å²) in [6.45, 7) is 3.63. The van der Waals surface area contributed by atoms with Crippen molar-refractivity contribution in [1.29, 1.82) is 0 Å². The molecule has 0 unspecified atom stereocenters. The van der Waals surface area contributed by atoms with Crippen molar-refractivity contribution in [3.05, 3.63) is 66.6 Å². The number of aryl methyl sites for hydroxylation is 1. The number of nitrogens with zero attached hydrogens (tertiary/aromatic N) is 6. The van der Waals surface area contributed by atoms with Gasteiger partial charge in [0.25, 0.3) is 0 Å². The number of ether oxygens (including phenoxy) is 1. The molecule has 1 aliphatic heterocycles. The van der Waals surface area contributed by atoms with Gasteiger partial charge in [0.1, 0.15) is 17.9 Å². The van der Waals surface area contributed by atoms with Crippen LogP contribution in [0.3, 0.4) is 0 Å². The molecule has 3 aromatic heterocycles. The van der Waals surface area contributed by atoms with Gasteiger partial charge in [0.2, 0.25) is 11.8 Å². The quantitative estimate of drug-likeness (QED) is 0.485. The Balaban J connectivity index is 1.14. The van der Waals surface area contributed by atoms with Crippen LogP contribution in [-0.4, -0.2) is 43.8 Å². The van der Waals surface area contributed by atoms with E-state index in [0.717, 1.165) is 43.9 Å². The molecule has 9 heteroatoms. The summed E-state index contributed by atoms with van der Waals surface area (Å²) in [5.74, 6) is 2.08. The fourth-order valence-electron chi connectivity index (χ4n) is 3.97. The summed E-state index contributed by atoms with van der Waals surface area (Å²) in [4.78, 5) is 19.3. The first kappa shape index (κ1) is 20.9. The minimum absolute atomic E-state index is 0.0167. The van der Waals surface area contributed by atoms with Gasteiger partial charge in [0.05, 0.1) is 11.9 Å². The lowest BCUT2D eigenvalue weighted by Crippen LogP contribution is -2.38. The number of carbonyl (C=O) groups excluding carboxylic acids is 1. The predicted molar refractivity (Wildman–Crippen MR) is 124 cm³/mol. The number of aromatic nitrogens is 5. The zero-order valence-electron chi connectivity index (χ0n) is 18.4. The highest BCUT2D eigenvalue weighted by Gasteiger charge is 2.26. The Morgan fingerprint density at radius 3 is 2.82 bits per heavy atom. The molecule has 1 amide bonds. The normalized spacial score (nSPS) is 14.4. The number of pyridine rings is 1. The molecule has 1 aromatic carbocycles. The molecule has 1 saturated heterocycles. The fraction of sp³-hybridized carbons (Fsp3) is 0.292. The van der Waals surface area contributed by atoms with Gasteiger partial charge in [-0.15, -0.1) is 15.3 Å². The lowest BCUT2D eigenvalue weighted by molar-refractivity contribution is -0.120. The van der Waals surface area contributed by atoms with Gasteiger partial charge in [0.15, 0.2) is 5.65 Å². The molecule has 0 atom stereocenters. The summed E-state index contributed by atoms with van der Waals surface area (Å²) in [6, 6.07) is 15.4. The topological polar surface area (TPSA) is 97.5 Å². The van der Waals surface area contributed by atoms with E-state index in [9.17, 15) is 4.79 Å². The van der Waals surface area contributed by atoms with Crippen LogP contribution < -0.4 is 15.0 Å². The third-order valence-corrected chi connectivity index (χ3v) is 5.87. The Bertz CT molecular complexity index is 1250. The molecular formula is C24H25N7O2. The second-order valence-electron chi connectivity index (χ2n) is 8.06. The number of hydrogen-bond acceptors (Lipinski definition) is 7. The van der Waals surface area contributed by atoms with Crippen LogP contribution in [0.2, 0.25) is 0 Å². The third-order valence-electron chi connectivity index (χ3n) is 5.87. The predicted octanol–water partition coefficient (Wildman–Crippen LogP) is 3.73. The molecule has 4 heterocycles. The number of carbonyl (C=O) groups is 1. The minimum Gasteiger partial charge on any atom is -0.439 e. The molecule has 0 bridgehead atoms. The number of rotatable bonds is 6. The van der Waals surface area contributed by atoms with Crippen molar-refractivity contribution < 1.29 is 9.53 Å². The molecule has 1 aliphatic rings. The van der Waals surface area contributed by atoms with Crippen molar-refractivity contribution in [3.8, 4) is 11.6 Å². The SMILES string of the molecule is CCc1cccc(Oc2ccc(NC(=O)C3CCN(c4ccc5nncn5n4)CC3)cn2)c1. The minimum atomic E-state index is -0.0485. The number of piperidine rings is 1. The average Bonchev–Trinajstić information content (AvgIpc) is 3.33. The number of amides is 1. The van der Waals surface area contributed by atoms with Crippen LogP contribution in [-0.2, 0) is 11.2 Å². The highest BCUT2D eigenvalue weighted by molar-refractivity contribution is 5.92. The van der Waals surface area contributed by atoms with E-state index in [1.165, 1.54) is 5.56 Å². The Labute approximate surface area is 191 Å². The van der Waals surface area contributed by atoms with Crippen molar-refractivity contribution in [1.82, 2.24) is 24.8 Å². The van der Waals surface area contributed by atoms with Gasteiger partial charge >= 0.3 is 0 Å². The monoisotopic (exact) mass is 443 g/mol. The van der Waals surface area contributed by atoms with Crippen molar-refractivity contribution in [2.24, 2.45) is 5.92 Å². The van der Waals surface area contributed by atoms with E-state index in [4.69, 9.17) is 4.74 Å². The summed E-state index contributed by atoms with van der Waals surface area (Å²) < 4.78 is 7.49. The third kappa shape index (κ3) is 4.77. The van der Waals surface area contributed by atoms with Crippen LogP contribution >= 0.6 is 0 Å².